The van der Waals surface area contributed by atoms with Gasteiger partial charge in [0.1, 0.15) is 23.1 Å². The number of nitrogens with zero attached hydrogens (tertiary/aromatic N) is 2. The summed E-state index contributed by atoms with van der Waals surface area (Å²) in [6, 6.07) is 13.3. The molecule has 2 rings (SSSR count). The van der Waals surface area contributed by atoms with Gasteiger partial charge in [-0.05, 0) is 48.2 Å². The molecule has 0 aromatic heterocycles. The summed E-state index contributed by atoms with van der Waals surface area (Å²) < 4.78 is 5.60. The van der Waals surface area contributed by atoms with E-state index in [0.29, 0.717) is 29.4 Å². The highest BCUT2D eigenvalue weighted by molar-refractivity contribution is 6.10. The molecule has 0 saturated carbocycles. The summed E-state index contributed by atoms with van der Waals surface area (Å²) in [6.45, 7) is 6.41. The highest BCUT2D eigenvalue weighted by Gasteiger charge is 2.18. The van der Waals surface area contributed by atoms with Crippen molar-refractivity contribution in [2.75, 3.05) is 11.9 Å². The third-order valence-corrected chi connectivity index (χ3v) is 3.74. The first-order chi connectivity index (χ1) is 13.3. The van der Waals surface area contributed by atoms with Crippen LogP contribution in [0.5, 0.6) is 5.75 Å². The molecule has 0 fully saturated rings. The number of amides is 1. The quantitative estimate of drug-likeness (QED) is 0.330. The molecule has 0 aliphatic heterocycles. The number of benzene rings is 2. The van der Waals surface area contributed by atoms with Crippen LogP contribution in [0, 0.1) is 34.3 Å². The topological polar surface area (TPSA) is 105 Å². The predicted octanol–water partition coefficient (Wildman–Crippen LogP) is 4.48. The zero-order chi connectivity index (χ0) is 20.7. The van der Waals surface area contributed by atoms with Gasteiger partial charge >= 0.3 is 0 Å². The number of hydrogen-bond donors (Lipinski definition) is 1. The molecule has 0 aliphatic carbocycles. The molecule has 2 aromatic carbocycles. The number of nitriles is 1. The third-order valence-electron chi connectivity index (χ3n) is 3.74. The first-order valence-electron chi connectivity index (χ1n) is 8.71. The number of carbonyl (C=O) groups is 1. The summed E-state index contributed by atoms with van der Waals surface area (Å²) in [5, 5.41) is 22.9. The summed E-state index contributed by atoms with van der Waals surface area (Å²) in [6.07, 6.45) is 1.42. The van der Waals surface area contributed by atoms with Gasteiger partial charge in [-0.25, -0.2) is 0 Å². The molecule has 2 aromatic rings. The number of nitro groups is 1. The molecule has 7 nitrogen and oxygen atoms in total. The molecular weight excluding hydrogens is 358 g/mol. The van der Waals surface area contributed by atoms with Crippen molar-refractivity contribution in [3.05, 3.63) is 69.3 Å². The highest BCUT2D eigenvalue weighted by atomic mass is 16.6. The minimum Gasteiger partial charge on any atom is -0.493 e. The predicted molar refractivity (Wildman–Crippen MR) is 107 cm³/mol. The largest absolute Gasteiger partial charge is 0.493 e. The summed E-state index contributed by atoms with van der Waals surface area (Å²) in [5.41, 5.74) is 0.990. The Balaban J connectivity index is 2.18. The van der Waals surface area contributed by atoms with Gasteiger partial charge in [-0.1, -0.05) is 32.0 Å². The van der Waals surface area contributed by atoms with Crippen LogP contribution in [0.1, 0.15) is 25.0 Å². The molecule has 0 aliphatic rings. The van der Waals surface area contributed by atoms with E-state index < -0.39 is 10.8 Å². The molecule has 144 valence electrons. The number of aryl methyl sites for hydroxylation is 1. The second-order valence-electron chi connectivity index (χ2n) is 6.68. The van der Waals surface area contributed by atoms with Crippen molar-refractivity contribution >= 4 is 23.4 Å². The normalized spacial score (nSPS) is 11.0. The number of carbonyl (C=O) groups excluding carboxylic acids is 1. The van der Waals surface area contributed by atoms with Gasteiger partial charge in [0, 0.05) is 6.07 Å². The van der Waals surface area contributed by atoms with Crippen molar-refractivity contribution in [3.63, 3.8) is 0 Å². The standard InChI is InChI=1S/C21H21N3O4/c1-14(2)13-28-18-7-5-16(6-8-18)11-17(12-22)21(25)23-19-9-4-15(3)10-20(19)24(26)27/h4-11,14H,13H2,1-3H3,(H,23,25)/b17-11+. The second-order valence-corrected chi connectivity index (χ2v) is 6.68. The van der Waals surface area contributed by atoms with Crippen molar-refractivity contribution in [3.8, 4) is 11.8 Å². The Morgan fingerprint density at radius 3 is 2.54 bits per heavy atom. The third kappa shape index (κ3) is 5.68. The maximum absolute atomic E-state index is 12.4. The molecule has 1 amide bonds. The number of nitrogens with one attached hydrogen (secondary N) is 1. The van der Waals surface area contributed by atoms with Crippen LogP contribution >= 0.6 is 0 Å². The maximum atomic E-state index is 12.4. The van der Waals surface area contributed by atoms with Gasteiger partial charge in [0.15, 0.2) is 0 Å². The van der Waals surface area contributed by atoms with E-state index in [1.54, 1.807) is 37.3 Å². The molecule has 0 spiro atoms. The van der Waals surface area contributed by atoms with Gasteiger partial charge in [-0.2, -0.15) is 5.26 Å². The van der Waals surface area contributed by atoms with Crippen molar-refractivity contribution in [1.82, 2.24) is 0 Å². The molecule has 0 atom stereocenters. The van der Waals surface area contributed by atoms with E-state index in [1.807, 2.05) is 19.9 Å². The average molecular weight is 379 g/mol. The van der Waals surface area contributed by atoms with Crippen LogP contribution in [0.15, 0.2) is 48.0 Å². The smallest absolute Gasteiger partial charge is 0.293 e. The number of rotatable bonds is 7. The van der Waals surface area contributed by atoms with E-state index in [4.69, 9.17) is 4.74 Å². The SMILES string of the molecule is Cc1ccc(NC(=O)/C(C#N)=C/c2ccc(OCC(C)C)cc2)c([N+](=O)[O-])c1. The van der Waals surface area contributed by atoms with Gasteiger partial charge < -0.3 is 10.1 Å². The number of anilines is 1. The number of ether oxygens (including phenoxy) is 1. The summed E-state index contributed by atoms with van der Waals surface area (Å²) in [4.78, 5) is 23.0. The molecule has 0 radical (unpaired) electrons. The monoisotopic (exact) mass is 379 g/mol. The summed E-state index contributed by atoms with van der Waals surface area (Å²) >= 11 is 0. The Hall–Kier alpha value is -3.66. The Labute approximate surface area is 163 Å². The number of hydrogen-bond acceptors (Lipinski definition) is 5. The van der Waals surface area contributed by atoms with Crippen molar-refractivity contribution in [2.45, 2.75) is 20.8 Å². The second kappa shape index (κ2) is 9.33. The van der Waals surface area contributed by atoms with Crippen LogP contribution in [-0.4, -0.2) is 17.4 Å². The molecule has 7 heteroatoms. The van der Waals surface area contributed by atoms with E-state index in [0.717, 1.165) is 0 Å². The molecule has 1 N–H and O–H groups in total. The van der Waals surface area contributed by atoms with Crippen LogP contribution < -0.4 is 10.1 Å². The lowest BCUT2D eigenvalue weighted by Gasteiger charge is -2.08. The Morgan fingerprint density at radius 2 is 1.96 bits per heavy atom. The van der Waals surface area contributed by atoms with E-state index in [-0.39, 0.29) is 16.9 Å². The fourth-order valence-electron chi connectivity index (χ4n) is 2.33. The Bertz CT molecular complexity index is 941. The molecule has 0 saturated heterocycles. The summed E-state index contributed by atoms with van der Waals surface area (Å²) in [5.74, 6) is 0.387. The van der Waals surface area contributed by atoms with E-state index in [1.165, 1.54) is 18.2 Å². The van der Waals surface area contributed by atoms with Gasteiger partial charge in [0.25, 0.3) is 11.6 Å². The van der Waals surface area contributed by atoms with E-state index in [9.17, 15) is 20.2 Å². The summed E-state index contributed by atoms with van der Waals surface area (Å²) in [7, 11) is 0. The van der Waals surface area contributed by atoms with Gasteiger partial charge in [-0.3, -0.25) is 14.9 Å². The molecule has 0 heterocycles. The van der Waals surface area contributed by atoms with Crippen LogP contribution in [0.2, 0.25) is 0 Å². The molecule has 28 heavy (non-hydrogen) atoms. The van der Waals surface area contributed by atoms with Crippen molar-refractivity contribution < 1.29 is 14.5 Å². The number of nitro benzene ring substituents is 1. The Kier molecular flexibility index (Phi) is 6.88. The lowest BCUT2D eigenvalue weighted by atomic mass is 10.1. The zero-order valence-electron chi connectivity index (χ0n) is 15.9. The molecule has 0 unspecified atom stereocenters. The van der Waals surface area contributed by atoms with Crippen LogP contribution in [-0.2, 0) is 4.79 Å². The lowest BCUT2D eigenvalue weighted by Crippen LogP contribution is -2.14. The first kappa shape index (κ1) is 20.6. The van der Waals surface area contributed by atoms with Crippen LogP contribution in [0.3, 0.4) is 0 Å². The minimum atomic E-state index is -0.713. The fraction of sp³-hybridized carbons (Fsp3) is 0.238. The first-order valence-corrected chi connectivity index (χ1v) is 8.71. The lowest BCUT2D eigenvalue weighted by molar-refractivity contribution is -0.384. The highest BCUT2D eigenvalue weighted by Crippen LogP contribution is 2.26. The minimum absolute atomic E-state index is 0.0409. The fourth-order valence-corrected chi connectivity index (χ4v) is 2.33. The van der Waals surface area contributed by atoms with Crippen molar-refractivity contribution in [1.29, 1.82) is 5.26 Å². The van der Waals surface area contributed by atoms with Gasteiger partial charge in [-0.15, -0.1) is 0 Å². The van der Waals surface area contributed by atoms with Crippen LogP contribution in [0.25, 0.3) is 6.08 Å². The van der Waals surface area contributed by atoms with E-state index >= 15 is 0 Å². The van der Waals surface area contributed by atoms with E-state index in [2.05, 4.69) is 5.32 Å². The Morgan fingerprint density at radius 1 is 1.29 bits per heavy atom. The molecule has 0 bridgehead atoms. The van der Waals surface area contributed by atoms with Crippen molar-refractivity contribution in [2.24, 2.45) is 5.92 Å². The van der Waals surface area contributed by atoms with Gasteiger partial charge in [0.2, 0.25) is 0 Å². The average Bonchev–Trinajstić information content (AvgIpc) is 2.66. The zero-order valence-corrected chi connectivity index (χ0v) is 15.9. The maximum Gasteiger partial charge on any atom is 0.293 e. The van der Waals surface area contributed by atoms with Crippen LogP contribution in [0.4, 0.5) is 11.4 Å². The van der Waals surface area contributed by atoms with Gasteiger partial charge in [0.05, 0.1) is 11.5 Å². The molecular formula is C21H21N3O4.